The molecule has 3 aromatic carbocycles. The number of methoxy groups -OCH3 is 1. The molecule has 14 heteroatoms. The van der Waals surface area contributed by atoms with Crippen molar-refractivity contribution in [2.75, 3.05) is 39.4 Å². The van der Waals surface area contributed by atoms with E-state index < -0.39 is 46.9 Å². The maximum Gasteiger partial charge on any atom is 0.333 e. The van der Waals surface area contributed by atoms with Gasteiger partial charge in [-0.2, -0.15) is 5.26 Å². The number of esters is 2. The number of aryl methyl sites for hydroxylation is 1. The topological polar surface area (TPSA) is 159 Å². The minimum absolute atomic E-state index is 0.0451. The quantitative estimate of drug-likeness (QED) is 0.139. The summed E-state index contributed by atoms with van der Waals surface area (Å²) in [5.74, 6) is 1.06. The molecule has 4 aromatic rings. The van der Waals surface area contributed by atoms with Crippen molar-refractivity contribution in [2.24, 2.45) is 0 Å². The largest absolute Gasteiger partial charge is 0.504 e. The van der Waals surface area contributed by atoms with E-state index in [2.05, 4.69) is 44.9 Å². The number of phenolic OH excluding ortho intramolecular Hbond substituents is 1. The van der Waals surface area contributed by atoms with Crippen LogP contribution in [0.25, 0.3) is 10.9 Å². The average Bonchev–Trinajstić information content (AvgIpc) is 3.84. The van der Waals surface area contributed by atoms with Crippen LogP contribution in [0.4, 0.5) is 0 Å². The molecular formula is C43H43N5O8S. The van der Waals surface area contributed by atoms with E-state index in [1.807, 2.05) is 38.1 Å². The van der Waals surface area contributed by atoms with E-state index in [1.165, 1.54) is 6.92 Å². The maximum atomic E-state index is 14.9. The second kappa shape index (κ2) is 13.2. The Kier molecular flexibility index (Phi) is 8.36. The number of carbonyl (C=O) groups is 2. The fraction of sp³-hybridized carbons (Fsp3) is 0.419. The van der Waals surface area contributed by atoms with Gasteiger partial charge in [0.05, 0.1) is 36.2 Å². The number of aromatic hydroxyl groups is 1. The highest BCUT2D eigenvalue weighted by Gasteiger charge is 2.62. The lowest BCUT2D eigenvalue weighted by atomic mass is 9.71. The van der Waals surface area contributed by atoms with E-state index in [0.717, 1.165) is 50.8 Å². The molecule has 1 aromatic heterocycles. The van der Waals surface area contributed by atoms with Crippen molar-refractivity contribution in [2.45, 2.75) is 74.6 Å². The first-order chi connectivity index (χ1) is 27.6. The Morgan fingerprint density at radius 1 is 1.18 bits per heavy atom. The van der Waals surface area contributed by atoms with Crippen LogP contribution in [0.2, 0.25) is 0 Å². The van der Waals surface area contributed by atoms with Gasteiger partial charge >= 0.3 is 11.9 Å². The molecule has 3 N–H and O–H groups in total. The molecule has 1 spiro atoms. The molecule has 0 radical (unpaired) electrons. The zero-order valence-electron chi connectivity index (χ0n) is 32.1. The van der Waals surface area contributed by atoms with Crippen molar-refractivity contribution in [3.8, 4) is 34.8 Å². The normalized spacial score (nSPS) is 28.4. The molecule has 1 unspecified atom stereocenters. The van der Waals surface area contributed by atoms with Crippen LogP contribution in [-0.4, -0.2) is 89.3 Å². The Bertz CT molecular complexity index is 2460. The van der Waals surface area contributed by atoms with E-state index in [4.69, 9.17) is 23.7 Å². The number of hydrogen-bond donors (Lipinski definition) is 3. The molecule has 7 aliphatic rings. The third-order valence-electron chi connectivity index (χ3n) is 13.0. The molecule has 0 amide bonds. The van der Waals surface area contributed by atoms with Crippen molar-refractivity contribution in [3.63, 3.8) is 0 Å². The first-order valence-electron chi connectivity index (χ1n) is 19.3. The summed E-state index contributed by atoms with van der Waals surface area (Å²) in [6.45, 7) is 10.1. The van der Waals surface area contributed by atoms with E-state index in [9.17, 15) is 20.0 Å². The number of rotatable bonds is 4. The number of H-pyrrole nitrogens is 1. The van der Waals surface area contributed by atoms with Gasteiger partial charge in [0.1, 0.15) is 18.4 Å². The lowest BCUT2D eigenvalue weighted by molar-refractivity contribution is -0.157. The Morgan fingerprint density at radius 2 is 1.98 bits per heavy atom. The highest BCUT2D eigenvalue weighted by molar-refractivity contribution is 7.99. The molecule has 0 aliphatic carbocycles. The first kappa shape index (κ1) is 36.2. The molecule has 2 saturated heterocycles. The number of nitrogens with one attached hydrogen (secondary N) is 2. The number of carbonyl (C=O) groups excluding carboxylic acids is 2. The third kappa shape index (κ3) is 4.92. The number of piperazine rings is 1. The van der Waals surface area contributed by atoms with Gasteiger partial charge in [-0.1, -0.05) is 30.3 Å². The van der Waals surface area contributed by atoms with Crippen LogP contribution in [0.5, 0.6) is 28.7 Å². The molecule has 2 fully saturated rings. The second-order valence-corrected chi connectivity index (χ2v) is 16.9. The van der Waals surface area contributed by atoms with Gasteiger partial charge in [-0.25, -0.2) is 4.79 Å². The monoisotopic (exact) mass is 789 g/mol. The molecule has 57 heavy (non-hydrogen) atoms. The van der Waals surface area contributed by atoms with Crippen LogP contribution in [0.1, 0.15) is 68.9 Å². The number of fused-ring (bicyclic) bond motifs is 11. The Morgan fingerprint density at radius 3 is 2.75 bits per heavy atom. The standard InChI is InChI=1S/C43H43N5O8S/c1-6-13-47-27-15-23-14-20(2)36(52-5)35(50)30(23)33(47)34-40-32-31(39-38(54-19-55-39)21(3)37(32)56-22(4)49)29(48(34)28(27)16-44)17-53-42(51)43(18-57-40)41-25(11-12-45-43)24-9-7-8-10-26(24)46-41/h6-10,14,27-29,33-34,40,45-46,50H,1,11-13,15,17-19H2,2-5H3/t27-,28-,29-,33+,34?,40+,43+/m0/s1. The number of ether oxygens (including phenoxy) is 5. The number of aromatic nitrogens is 1. The van der Waals surface area contributed by atoms with Gasteiger partial charge in [0, 0.05) is 71.0 Å². The SMILES string of the molecule is C=CCN1[C@@H]2c3c(cc(C)c(OC)c3O)C[C@H]1[C@H](C#N)N1C2[C@@H]2SC[C@]3(NCCc4c3[nH]c3ccccc43)C(=O)OC[C@H]1c1c3c(c(C)c(OC(C)=O)c12)OCO3. The van der Waals surface area contributed by atoms with Crippen LogP contribution >= 0.6 is 11.8 Å². The van der Waals surface area contributed by atoms with Gasteiger partial charge in [0.15, 0.2) is 28.5 Å². The number of phenols is 1. The van der Waals surface area contributed by atoms with Crippen LogP contribution in [-0.2, 0) is 32.7 Å². The van der Waals surface area contributed by atoms with Gasteiger partial charge in [0.25, 0.3) is 0 Å². The van der Waals surface area contributed by atoms with Crippen molar-refractivity contribution in [3.05, 3.63) is 87.6 Å². The molecule has 8 heterocycles. The summed E-state index contributed by atoms with van der Waals surface area (Å²) in [6, 6.07) is 10.1. The summed E-state index contributed by atoms with van der Waals surface area (Å²) in [4.78, 5) is 36.0. The lowest BCUT2D eigenvalue weighted by Crippen LogP contribution is -2.70. The predicted molar refractivity (Wildman–Crippen MR) is 211 cm³/mol. The zero-order chi connectivity index (χ0) is 39.5. The minimum atomic E-state index is -1.26. The molecule has 294 valence electrons. The van der Waals surface area contributed by atoms with Crippen molar-refractivity contribution < 1.29 is 38.4 Å². The summed E-state index contributed by atoms with van der Waals surface area (Å²) in [5.41, 5.74) is 6.00. The average molecular weight is 790 g/mol. The van der Waals surface area contributed by atoms with Gasteiger partial charge in [0.2, 0.25) is 6.79 Å². The molecule has 7 aliphatic heterocycles. The molecule has 0 saturated carbocycles. The number of thioether (sulfide) groups is 1. The predicted octanol–water partition coefficient (Wildman–Crippen LogP) is 5.31. The highest BCUT2D eigenvalue weighted by Crippen LogP contribution is 2.65. The van der Waals surface area contributed by atoms with Gasteiger partial charge in [-0.3, -0.25) is 19.9 Å². The summed E-state index contributed by atoms with van der Waals surface area (Å²) in [5, 5.41) is 27.6. The van der Waals surface area contributed by atoms with E-state index in [0.29, 0.717) is 53.6 Å². The summed E-state index contributed by atoms with van der Waals surface area (Å²) in [7, 11) is 1.55. The van der Waals surface area contributed by atoms with Gasteiger partial charge in [-0.15, -0.1) is 18.3 Å². The van der Waals surface area contributed by atoms with Crippen LogP contribution in [0.3, 0.4) is 0 Å². The van der Waals surface area contributed by atoms with Crippen molar-refractivity contribution >= 4 is 34.6 Å². The van der Waals surface area contributed by atoms with Crippen molar-refractivity contribution in [1.82, 2.24) is 20.1 Å². The fourth-order valence-corrected chi connectivity index (χ4v) is 12.5. The van der Waals surface area contributed by atoms with Gasteiger partial charge < -0.3 is 33.8 Å². The summed E-state index contributed by atoms with van der Waals surface area (Å²) < 4.78 is 30.9. The van der Waals surface area contributed by atoms with E-state index >= 15 is 0 Å². The maximum absolute atomic E-state index is 14.9. The number of para-hydroxylation sites is 1. The molecule has 4 bridgehead atoms. The summed E-state index contributed by atoms with van der Waals surface area (Å²) in [6.07, 6.45) is 3.05. The Balaban J connectivity index is 1.27. The highest BCUT2D eigenvalue weighted by atomic mass is 32.2. The van der Waals surface area contributed by atoms with Crippen LogP contribution in [0.15, 0.2) is 43.0 Å². The Labute approximate surface area is 333 Å². The lowest BCUT2D eigenvalue weighted by Gasteiger charge is -2.62. The zero-order valence-corrected chi connectivity index (χ0v) is 33.0. The van der Waals surface area contributed by atoms with Crippen LogP contribution < -0.4 is 24.3 Å². The fourth-order valence-electron chi connectivity index (χ4n) is 10.8. The van der Waals surface area contributed by atoms with E-state index in [1.54, 1.807) is 18.9 Å². The molecule has 11 rings (SSSR count). The number of aromatic amines is 1. The first-order valence-corrected chi connectivity index (χ1v) is 20.4. The van der Waals surface area contributed by atoms with Gasteiger partial charge in [-0.05, 0) is 49.4 Å². The second-order valence-electron chi connectivity index (χ2n) is 15.8. The number of nitriles is 1. The Hall–Kier alpha value is -5.20. The number of hydrogen-bond acceptors (Lipinski definition) is 13. The smallest absolute Gasteiger partial charge is 0.333 e. The van der Waals surface area contributed by atoms with Crippen LogP contribution in [0, 0.1) is 25.2 Å². The third-order valence-corrected chi connectivity index (χ3v) is 14.4. The molecule has 7 atom stereocenters. The number of nitrogens with zero attached hydrogens (tertiary/aromatic N) is 3. The molecular weight excluding hydrogens is 747 g/mol. The van der Waals surface area contributed by atoms with Crippen molar-refractivity contribution in [1.29, 1.82) is 5.26 Å². The minimum Gasteiger partial charge on any atom is -0.504 e. The van der Waals surface area contributed by atoms with E-state index in [-0.39, 0.29) is 30.9 Å². The summed E-state index contributed by atoms with van der Waals surface area (Å²) >= 11 is 1.55. The molecule has 13 nitrogen and oxygen atoms in total. The number of benzene rings is 3.